The highest BCUT2D eigenvalue weighted by Gasteiger charge is 2.77. The van der Waals surface area contributed by atoms with Crippen LogP contribution in [0.15, 0.2) is 0 Å². The summed E-state index contributed by atoms with van der Waals surface area (Å²) in [5.41, 5.74) is -2.70. The van der Waals surface area contributed by atoms with Gasteiger partial charge in [0.1, 0.15) is 11.6 Å². The van der Waals surface area contributed by atoms with Crippen LogP contribution in [0.25, 0.3) is 0 Å². The molecule has 9 heteroatoms. The van der Waals surface area contributed by atoms with E-state index in [1.165, 1.54) is 0 Å². The smallest absolute Gasteiger partial charge is 0.407 e. The lowest BCUT2D eigenvalue weighted by Gasteiger charge is -2.36. The molecule has 3 amide bonds. The second-order valence-electron chi connectivity index (χ2n) is 9.50. The van der Waals surface area contributed by atoms with Gasteiger partial charge >= 0.3 is 12.1 Å². The number of alkyl carbamates (subject to hydrolysis) is 1. The first-order valence-electron chi connectivity index (χ1n) is 10.1. The van der Waals surface area contributed by atoms with Gasteiger partial charge in [-0.25, -0.2) is 9.59 Å². The fraction of sp³-hybridized carbons (Fsp3) is 0.800. The zero-order chi connectivity index (χ0) is 21.8. The number of nitrogens with zero attached hydrogens (tertiary/aromatic N) is 1. The third kappa shape index (κ3) is 3.19. The Morgan fingerprint density at radius 2 is 1.72 bits per heavy atom. The minimum absolute atomic E-state index is 0.0466. The number of nitrogens with one attached hydrogen (secondary N) is 1. The zero-order valence-corrected chi connectivity index (χ0v) is 17.6. The van der Waals surface area contributed by atoms with Crippen molar-refractivity contribution in [3.05, 3.63) is 0 Å². The number of fused-ring (bicyclic) bond motifs is 5. The molecular formula is C20H30N2O7. The van der Waals surface area contributed by atoms with Gasteiger partial charge in [-0.15, -0.1) is 0 Å². The van der Waals surface area contributed by atoms with E-state index in [2.05, 4.69) is 5.32 Å². The van der Waals surface area contributed by atoms with Gasteiger partial charge in [-0.05, 0) is 60.3 Å². The number of carbonyl (C=O) groups is 4. The molecule has 162 valence electrons. The predicted molar refractivity (Wildman–Crippen MR) is 101 cm³/mol. The Hall–Kier alpha value is -2.16. The number of carboxylic acid groups (broad SMARTS) is 1. The quantitative estimate of drug-likeness (QED) is 0.505. The second-order valence-corrected chi connectivity index (χ2v) is 9.50. The second kappa shape index (κ2) is 6.97. The van der Waals surface area contributed by atoms with Crippen LogP contribution >= 0.6 is 0 Å². The third-order valence-corrected chi connectivity index (χ3v) is 6.63. The Morgan fingerprint density at radius 1 is 1.21 bits per heavy atom. The largest absolute Gasteiger partial charge is 0.480 e. The lowest BCUT2D eigenvalue weighted by atomic mass is 9.59. The maximum absolute atomic E-state index is 13.2. The number of rotatable bonds is 6. The van der Waals surface area contributed by atoms with Crippen molar-refractivity contribution in [3.63, 3.8) is 0 Å². The average Bonchev–Trinajstić information content (AvgIpc) is 3.21. The Bertz CT molecular complexity index is 712. The molecule has 0 unspecified atom stereocenters. The summed E-state index contributed by atoms with van der Waals surface area (Å²) >= 11 is 0. The van der Waals surface area contributed by atoms with Gasteiger partial charge < -0.3 is 19.9 Å². The molecule has 0 aliphatic carbocycles. The van der Waals surface area contributed by atoms with Crippen molar-refractivity contribution in [2.45, 2.75) is 84.2 Å². The van der Waals surface area contributed by atoms with Crippen molar-refractivity contribution in [2.75, 3.05) is 6.54 Å². The molecule has 2 bridgehead atoms. The van der Waals surface area contributed by atoms with Crippen molar-refractivity contribution >= 4 is 23.9 Å². The minimum Gasteiger partial charge on any atom is -0.480 e. The molecule has 3 aliphatic rings. The molecule has 9 nitrogen and oxygen atoms in total. The Morgan fingerprint density at radius 3 is 2.17 bits per heavy atom. The molecule has 0 aromatic rings. The van der Waals surface area contributed by atoms with Crippen LogP contribution in [0.2, 0.25) is 0 Å². The van der Waals surface area contributed by atoms with E-state index in [1.807, 2.05) is 0 Å². The average molecular weight is 410 g/mol. The molecule has 3 saturated heterocycles. The normalized spacial score (nSPS) is 34.3. The summed E-state index contributed by atoms with van der Waals surface area (Å²) < 4.78 is 11.0. The Labute approximate surface area is 170 Å². The standard InChI is InChI=1S/C20H30N2O7/c1-18(2,3)29-17(27)21-10-6-7-11(14(23)24)22-15(25)19(4)12-8-9-13(28-12)20(19,5)16(22)26/h11-13H,6-10H2,1-5H3,(H,21,27)(H,23,24)/t11-,12-,13+,19+,20-/m1/s1. The van der Waals surface area contributed by atoms with Crippen molar-refractivity contribution in [3.8, 4) is 0 Å². The van der Waals surface area contributed by atoms with E-state index in [9.17, 15) is 24.3 Å². The van der Waals surface area contributed by atoms with E-state index in [0.717, 1.165) is 4.90 Å². The van der Waals surface area contributed by atoms with Crippen LogP contribution in [0.3, 0.4) is 0 Å². The van der Waals surface area contributed by atoms with Gasteiger partial charge in [0, 0.05) is 6.54 Å². The summed E-state index contributed by atoms with van der Waals surface area (Å²) in [6, 6.07) is -1.27. The van der Waals surface area contributed by atoms with Crippen LogP contribution in [0.4, 0.5) is 4.79 Å². The number of ether oxygens (including phenoxy) is 2. The molecule has 5 atom stereocenters. The van der Waals surface area contributed by atoms with Gasteiger partial charge in [-0.2, -0.15) is 0 Å². The van der Waals surface area contributed by atoms with Gasteiger partial charge in [0.2, 0.25) is 11.8 Å². The van der Waals surface area contributed by atoms with Crippen molar-refractivity contribution in [1.82, 2.24) is 10.2 Å². The molecule has 29 heavy (non-hydrogen) atoms. The molecule has 3 rings (SSSR count). The van der Waals surface area contributed by atoms with Crippen LogP contribution in [0.5, 0.6) is 0 Å². The van der Waals surface area contributed by atoms with Gasteiger partial charge in [-0.3, -0.25) is 14.5 Å². The van der Waals surface area contributed by atoms with Crippen molar-refractivity contribution < 1.29 is 33.8 Å². The van der Waals surface area contributed by atoms with Crippen LogP contribution in [-0.2, 0) is 23.9 Å². The molecule has 3 fully saturated rings. The van der Waals surface area contributed by atoms with Gasteiger partial charge in [-0.1, -0.05) is 0 Å². The number of likely N-dealkylation sites (tertiary alicyclic amines) is 1. The molecule has 0 aromatic heterocycles. The number of carboxylic acids is 1. The lowest BCUT2D eigenvalue weighted by molar-refractivity contribution is -0.158. The van der Waals surface area contributed by atoms with Crippen LogP contribution < -0.4 is 5.32 Å². The fourth-order valence-corrected chi connectivity index (χ4v) is 4.91. The monoisotopic (exact) mass is 410 g/mol. The predicted octanol–water partition coefficient (Wildman–Crippen LogP) is 1.69. The summed E-state index contributed by atoms with van der Waals surface area (Å²) in [6.07, 6.45) is 0.405. The lowest BCUT2D eigenvalue weighted by Crippen LogP contribution is -2.48. The fourth-order valence-electron chi connectivity index (χ4n) is 4.91. The maximum atomic E-state index is 13.2. The number of amides is 3. The molecule has 3 heterocycles. The maximum Gasteiger partial charge on any atom is 0.407 e. The van der Waals surface area contributed by atoms with Crippen LogP contribution in [0, 0.1) is 10.8 Å². The van der Waals surface area contributed by atoms with E-state index in [0.29, 0.717) is 12.8 Å². The van der Waals surface area contributed by atoms with Crippen molar-refractivity contribution in [2.24, 2.45) is 10.8 Å². The molecule has 0 spiro atoms. The van der Waals surface area contributed by atoms with Crippen LogP contribution in [-0.4, -0.2) is 64.3 Å². The van der Waals surface area contributed by atoms with E-state index < -0.39 is 46.3 Å². The molecule has 0 aromatic carbocycles. The molecule has 3 aliphatic heterocycles. The summed E-state index contributed by atoms with van der Waals surface area (Å²) in [4.78, 5) is 51.0. The minimum atomic E-state index is -1.27. The first-order chi connectivity index (χ1) is 13.3. The van der Waals surface area contributed by atoms with E-state index in [4.69, 9.17) is 9.47 Å². The number of carbonyl (C=O) groups excluding carboxylic acids is 3. The van der Waals surface area contributed by atoms with E-state index in [1.54, 1.807) is 34.6 Å². The zero-order valence-electron chi connectivity index (χ0n) is 17.6. The summed E-state index contributed by atoms with van der Waals surface area (Å²) in [5, 5.41) is 12.3. The van der Waals surface area contributed by atoms with Gasteiger partial charge in [0.05, 0.1) is 23.0 Å². The molecule has 2 N–H and O–H groups in total. The highest BCUT2D eigenvalue weighted by molar-refractivity contribution is 6.12. The summed E-state index contributed by atoms with van der Waals surface area (Å²) in [5.74, 6) is -2.17. The number of aliphatic carboxylic acids is 1. The first-order valence-corrected chi connectivity index (χ1v) is 10.1. The number of hydrogen-bond donors (Lipinski definition) is 2. The topological polar surface area (TPSA) is 122 Å². The van der Waals surface area contributed by atoms with Crippen LogP contribution in [0.1, 0.15) is 60.3 Å². The van der Waals surface area contributed by atoms with Crippen molar-refractivity contribution in [1.29, 1.82) is 0 Å². The number of imide groups is 1. The Kier molecular flexibility index (Phi) is 5.18. The summed E-state index contributed by atoms with van der Waals surface area (Å²) in [6.45, 7) is 8.85. The SMILES string of the molecule is CC(C)(C)OC(=O)NCCC[C@H](C(=O)O)N1C(=O)[C@@]2(C)[C@@H]3CC[C@@H](O3)[C@@]2(C)C1=O. The van der Waals surface area contributed by atoms with E-state index in [-0.39, 0.29) is 31.6 Å². The third-order valence-electron chi connectivity index (χ3n) is 6.63. The number of hydrogen-bond acceptors (Lipinski definition) is 6. The summed E-state index contributed by atoms with van der Waals surface area (Å²) in [7, 11) is 0. The highest BCUT2D eigenvalue weighted by atomic mass is 16.6. The first kappa shape index (κ1) is 21.5. The molecule has 0 radical (unpaired) electrons. The van der Waals surface area contributed by atoms with Gasteiger partial charge in [0.25, 0.3) is 0 Å². The molecule has 0 saturated carbocycles. The molecular weight excluding hydrogens is 380 g/mol. The highest BCUT2D eigenvalue weighted by Crippen LogP contribution is 2.64. The Balaban J connectivity index is 1.68. The van der Waals surface area contributed by atoms with Gasteiger partial charge in [0.15, 0.2) is 0 Å². The van der Waals surface area contributed by atoms with E-state index >= 15 is 0 Å².